The molecule has 0 aromatic heterocycles. The van der Waals surface area contributed by atoms with Crippen molar-refractivity contribution in [2.75, 3.05) is 6.61 Å². The van der Waals surface area contributed by atoms with Gasteiger partial charge in [-0.3, -0.25) is 10.1 Å². The summed E-state index contributed by atoms with van der Waals surface area (Å²) in [5.41, 5.74) is 3.61. The lowest BCUT2D eigenvalue weighted by molar-refractivity contribution is -0.385. The van der Waals surface area contributed by atoms with Crippen LogP contribution < -0.4 is 10.5 Å². The summed E-state index contributed by atoms with van der Waals surface area (Å²) in [5, 5.41) is 20.0. The first-order valence-corrected chi connectivity index (χ1v) is 6.68. The van der Waals surface area contributed by atoms with Crippen molar-refractivity contribution in [2.45, 2.75) is 32.3 Å². The van der Waals surface area contributed by atoms with Gasteiger partial charge in [-0.15, -0.1) is 0 Å². The van der Waals surface area contributed by atoms with Crippen molar-refractivity contribution < 1.29 is 19.2 Å². The normalized spacial score (nSPS) is 10.6. The SMILES string of the molecule is CCC(CC)(COc1cccc([N+](=O)[O-])c1C#N)OC(N)=O. The summed E-state index contributed by atoms with van der Waals surface area (Å²) in [5.74, 6) is 0.0658. The maximum atomic E-state index is 11.0. The standard InChI is InChI=1S/C14H17N3O5/c1-3-14(4-2,22-13(16)18)9-21-12-7-5-6-11(17(19)20)10(12)8-15/h5-7H,3-4,9H2,1-2H3,(H2,16,18). The number of nitriles is 1. The minimum Gasteiger partial charge on any atom is -0.488 e. The number of nitro benzene ring substituents is 1. The fraction of sp³-hybridized carbons (Fsp3) is 0.429. The minimum absolute atomic E-state index is 0.0568. The molecule has 0 saturated carbocycles. The molecule has 0 unspecified atom stereocenters. The highest BCUT2D eigenvalue weighted by atomic mass is 16.6. The van der Waals surface area contributed by atoms with E-state index in [1.54, 1.807) is 19.9 Å². The lowest BCUT2D eigenvalue weighted by atomic mass is 9.98. The van der Waals surface area contributed by atoms with Gasteiger partial charge in [-0.05, 0) is 18.9 Å². The molecular weight excluding hydrogens is 290 g/mol. The van der Waals surface area contributed by atoms with Gasteiger partial charge in [-0.1, -0.05) is 19.9 Å². The number of hydrogen-bond donors (Lipinski definition) is 1. The number of nitrogens with two attached hydrogens (primary N) is 1. The van der Waals surface area contributed by atoms with Gasteiger partial charge in [0.15, 0.2) is 5.56 Å². The van der Waals surface area contributed by atoms with Crippen molar-refractivity contribution in [1.29, 1.82) is 5.26 Å². The summed E-state index contributed by atoms with van der Waals surface area (Å²) < 4.78 is 10.6. The first-order valence-electron chi connectivity index (χ1n) is 6.68. The van der Waals surface area contributed by atoms with Crippen LogP contribution in [0.2, 0.25) is 0 Å². The number of amides is 1. The van der Waals surface area contributed by atoms with Crippen LogP contribution in [0.15, 0.2) is 18.2 Å². The third-order valence-electron chi connectivity index (χ3n) is 3.41. The zero-order chi connectivity index (χ0) is 16.8. The summed E-state index contributed by atoms with van der Waals surface area (Å²) in [4.78, 5) is 21.3. The van der Waals surface area contributed by atoms with Crippen LogP contribution in [-0.2, 0) is 4.74 Å². The van der Waals surface area contributed by atoms with E-state index in [4.69, 9.17) is 20.5 Å². The Balaban J connectivity index is 3.05. The molecule has 0 aliphatic carbocycles. The summed E-state index contributed by atoms with van der Waals surface area (Å²) in [6, 6.07) is 5.85. The zero-order valence-electron chi connectivity index (χ0n) is 12.4. The second-order valence-corrected chi connectivity index (χ2v) is 4.62. The maximum Gasteiger partial charge on any atom is 0.405 e. The third-order valence-corrected chi connectivity index (χ3v) is 3.41. The Morgan fingerprint density at radius 1 is 1.45 bits per heavy atom. The lowest BCUT2D eigenvalue weighted by Gasteiger charge is -2.30. The Labute approximate surface area is 127 Å². The van der Waals surface area contributed by atoms with Gasteiger partial charge < -0.3 is 15.2 Å². The van der Waals surface area contributed by atoms with Crippen molar-refractivity contribution in [3.05, 3.63) is 33.9 Å². The molecule has 2 N–H and O–H groups in total. The molecule has 0 fully saturated rings. The smallest absolute Gasteiger partial charge is 0.405 e. The van der Waals surface area contributed by atoms with Crippen LogP contribution in [0.3, 0.4) is 0 Å². The van der Waals surface area contributed by atoms with Gasteiger partial charge in [0, 0.05) is 6.07 Å². The number of primary amides is 1. The van der Waals surface area contributed by atoms with Crippen molar-refractivity contribution in [3.8, 4) is 11.8 Å². The van der Waals surface area contributed by atoms with Gasteiger partial charge in [0.25, 0.3) is 5.69 Å². The van der Waals surface area contributed by atoms with Crippen LogP contribution in [0.4, 0.5) is 10.5 Å². The largest absolute Gasteiger partial charge is 0.488 e. The minimum atomic E-state index is -0.941. The van der Waals surface area contributed by atoms with Crippen LogP contribution in [0.5, 0.6) is 5.75 Å². The Bertz CT molecular complexity index is 605. The molecule has 8 heteroatoms. The van der Waals surface area contributed by atoms with Crippen molar-refractivity contribution in [2.24, 2.45) is 5.73 Å². The number of hydrogen-bond acceptors (Lipinski definition) is 6. The van der Waals surface area contributed by atoms with Crippen LogP contribution in [0, 0.1) is 21.4 Å². The first-order chi connectivity index (χ1) is 10.4. The Morgan fingerprint density at radius 3 is 2.55 bits per heavy atom. The predicted molar refractivity (Wildman–Crippen MR) is 77.3 cm³/mol. The molecule has 0 heterocycles. The van der Waals surface area contributed by atoms with Crippen molar-refractivity contribution in [1.82, 2.24) is 0 Å². The molecule has 118 valence electrons. The second-order valence-electron chi connectivity index (χ2n) is 4.62. The lowest BCUT2D eigenvalue weighted by Crippen LogP contribution is -2.41. The van der Waals surface area contributed by atoms with Crippen molar-refractivity contribution >= 4 is 11.8 Å². The van der Waals surface area contributed by atoms with Crippen molar-refractivity contribution in [3.63, 3.8) is 0 Å². The van der Waals surface area contributed by atoms with E-state index in [2.05, 4.69) is 0 Å². The van der Waals surface area contributed by atoms with Gasteiger partial charge in [0.05, 0.1) is 4.92 Å². The zero-order valence-corrected chi connectivity index (χ0v) is 12.4. The number of carbonyl (C=O) groups excluding carboxylic acids is 1. The number of ether oxygens (including phenoxy) is 2. The van der Waals surface area contributed by atoms with Gasteiger partial charge in [0.2, 0.25) is 0 Å². The van der Waals surface area contributed by atoms with Gasteiger partial charge >= 0.3 is 6.09 Å². The average molecular weight is 307 g/mol. The first kappa shape index (κ1) is 17.2. The second kappa shape index (κ2) is 7.26. The van der Waals surface area contributed by atoms with Crippen LogP contribution in [0.1, 0.15) is 32.3 Å². The van der Waals surface area contributed by atoms with E-state index >= 15 is 0 Å². The fourth-order valence-electron chi connectivity index (χ4n) is 1.95. The highest BCUT2D eigenvalue weighted by Gasteiger charge is 2.32. The van der Waals surface area contributed by atoms with E-state index in [1.165, 1.54) is 18.2 Å². The molecule has 0 spiro atoms. The molecule has 1 rings (SSSR count). The van der Waals surface area contributed by atoms with Gasteiger partial charge in [-0.25, -0.2) is 4.79 Å². The molecule has 8 nitrogen and oxygen atoms in total. The molecular formula is C14H17N3O5. The summed E-state index contributed by atoms with van der Waals surface area (Å²) >= 11 is 0. The summed E-state index contributed by atoms with van der Waals surface area (Å²) in [6.45, 7) is 3.54. The number of rotatable bonds is 7. The summed E-state index contributed by atoms with van der Waals surface area (Å²) in [6.07, 6.45) is -0.0289. The quantitative estimate of drug-likeness (QED) is 0.608. The van der Waals surface area contributed by atoms with E-state index in [1.807, 2.05) is 0 Å². The molecule has 1 aromatic carbocycles. The molecule has 0 atom stereocenters. The van der Waals surface area contributed by atoms with E-state index in [0.29, 0.717) is 12.8 Å². The molecule has 1 amide bonds. The highest BCUT2D eigenvalue weighted by molar-refractivity contribution is 5.65. The molecule has 1 aromatic rings. The molecule has 0 radical (unpaired) electrons. The van der Waals surface area contributed by atoms with Crippen LogP contribution >= 0.6 is 0 Å². The van der Waals surface area contributed by atoms with E-state index in [9.17, 15) is 14.9 Å². The number of nitro groups is 1. The highest BCUT2D eigenvalue weighted by Crippen LogP contribution is 2.29. The number of nitrogens with zero attached hydrogens (tertiary/aromatic N) is 2. The maximum absolute atomic E-state index is 11.0. The number of carbonyl (C=O) groups is 1. The average Bonchev–Trinajstić information content (AvgIpc) is 2.50. The van der Waals surface area contributed by atoms with E-state index in [0.717, 1.165) is 0 Å². The number of benzene rings is 1. The fourth-order valence-corrected chi connectivity index (χ4v) is 1.95. The Kier molecular flexibility index (Phi) is 5.69. The predicted octanol–water partition coefficient (Wildman–Crippen LogP) is 2.50. The Morgan fingerprint density at radius 2 is 2.09 bits per heavy atom. The summed E-state index contributed by atoms with van der Waals surface area (Å²) in [7, 11) is 0. The monoisotopic (exact) mass is 307 g/mol. The van der Waals surface area contributed by atoms with Crippen LogP contribution in [0.25, 0.3) is 0 Å². The topological polar surface area (TPSA) is 128 Å². The molecule has 0 bridgehead atoms. The van der Waals surface area contributed by atoms with E-state index < -0.39 is 16.6 Å². The van der Waals surface area contributed by atoms with Gasteiger partial charge in [0.1, 0.15) is 24.0 Å². The molecule has 0 saturated heterocycles. The molecule has 0 aliphatic rings. The Hall–Kier alpha value is -2.82. The molecule has 22 heavy (non-hydrogen) atoms. The van der Waals surface area contributed by atoms with E-state index in [-0.39, 0.29) is 23.6 Å². The van der Waals surface area contributed by atoms with Gasteiger partial charge in [-0.2, -0.15) is 5.26 Å². The molecule has 0 aliphatic heterocycles. The third kappa shape index (κ3) is 3.85. The van der Waals surface area contributed by atoms with Crippen LogP contribution in [-0.4, -0.2) is 23.2 Å².